The molecule has 34 heavy (non-hydrogen) atoms. The van der Waals surface area contributed by atoms with Crippen molar-refractivity contribution in [2.45, 2.75) is 58.6 Å². The maximum atomic E-state index is 13.2. The smallest absolute Gasteiger partial charge is 0.408 e. The average molecular weight is 486 g/mol. The minimum atomic E-state index is -0.836. The van der Waals surface area contributed by atoms with E-state index in [1.54, 1.807) is 0 Å². The van der Waals surface area contributed by atoms with Crippen molar-refractivity contribution in [2.75, 3.05) is 6.54 Å². The Labute approximate surface area is 203 Å². The van der Waals surface area contributed by atoms with Gasteiger partial charge in [-0.1, -0.05) is 44.2 Å². The van der Waals surface area contributed by atoms with Crippen molar-refractivity contribution in [1.29, 1.82) is 0 Å². The maximum absolute atomic E-state index is 13.2. The van der Waals surface area contributed by atoms with Gasteiger partial charge in [-0.15, -0.1) is 0 Å². The lowest BCUT2D eigenvalue weighted by Gasteiger charge is -2.22. The Balaban J connectivity index is 1.68. The van der Waals surface area contributed by atoms with Crippen molar-refractivity contribution in [3.63, 3.8) is 0 Å². The molecule has 0 aliphatic carbocycles. The highest BCUT2D eigenvalue weighted by atomic mass is 32.1. The van der Waals surface area contributed by atoms with E-state index in [-0.39, 0.29) is 31.1 Å². The first kappa shape index (κ1) is 25.6. The van der Waals surface area contributed by atoms with Crippen LogP contribution in [0.5, 0.6) is 0 Å². The van der Waals surface area contributed by atoms with Crippen LogP contribution in [0.1, 0.15) is 49.2 Å². The van der Waals surface area contributed by atoms with Gasteiger partial charge >= 0.3 is 6.09 Å². The Morgan fingerprint density at radius 2 is 2.00 bits per heavy atom. The summed E-state index contributed by atoms with van der Waals surface area (Å²) in [5.41, 5.74) is 1.54. The van der Waals surface area contributed by atoms with Crippen LogP contribution in [-0.2, 0) is 38.6 Å². The van der Waals surface area contributed by atoms with E-state index in [4.69, 9.17) is 4.74 Å². The third kappa shape index (κ3) is 7.76. The zero-order valence-electron chi connectivity index (χ0n) is 19.5. The van der Waals surface area contributed by atoms with Gasteiger partial charge in [0, 0.05) is 30.2 Å². The van der Waals surface area contributed by atoms with E-state index < -0.39 is 29.7 Å². The van der Waals surface area contributed by atoms with Crippen LogP contribution in [0.15, 0.2) is 36.4 Å². The van der Waals surface area contributed by atoms with E-state index >= 15 is 0 Å². The van der Waals surface area contributed by atoms with Gasteiger partial charge in [0.1, 0.15) is 6.61 Å². The molecule has 8 nitrogen and oxygen atoms in total. The number of Topliss-reactive ketones (excluding diaryl/α,β-unsaturated/α-hetero) is 2. The number of carbonyl (C=O) groups excluding carboxylic acids is 4. The Hall–Kier alpha value is -3.07. The van der Waals surface area contributed by atoms with Gasteiger partial charge in [-0.2, -0.15) is 4.37 Å². The second-order valence-electron chi connectivity index (χ2n) is 8.97. The highest BCUT2D eigenvalue weighted by Crippen LogP contribution is 2.21. The fourth-order valence-electron chi connectivity index (χ4n) is 3.85. The molecule has 9 heteroatoms. The Morgan fingerprint density at radius 1 is 1.24 bits per heavy atom. The third-order valence-corrected chi connectivity index (χ3v) is 6.47. The lowest BCUT2D eigenvalue weighted by atomic mass is 9.88. The van der Waals surface area contributed by atoms with Crippen molar-refractivity contribution in [3.8, 4) is 0 Å². The van der Waals surface area contributed by atoms with Crippen LogP contribution in [0.3, 0.4) is 0 Å². The first-order valence-electron chi connectivity index (χ1n) is 11.6. The van der Waals surface area contributed by atoms with Crippen LogP contribution in [0.4, 0.5) is 4.79 Å². The summed E-state index contributed by atoms with van der Waals surface area (Å²) >= 11 is 1.38. The van der Waals surface area contributed by atoms with Crippen molar-refractivity contribution in [2.24, 2.45) is 11.8 Å². The van der Waals surface area contributed by atoms with E-state index in [2.05, 4.69) is 15.0 Å². The quantitative estimate of drug-likeness (QED) is 0.555. The summed E-state index contributed by atoms with van der Waals surface area (Å²) < 4.78 is 9.68. The van der Waals surface area contributed by atoms with Gasteiger partial charge in [0.05, 0.1) is 11.7 Å². The van der Waals surface area contributed by atoms with Crippen LogP contribution >= 0.6 is 11.5 Å². The minimum absolute atomic E-state index is 0.0860. The molecule has 182 valence electrons. The number of rotatable bonds is 8. The molecule has 2 heterocycles. The molecule has 2 N–H and O–H groups in total. The molecule has 0 saturated carbocycles. The van der Waals surface area contributed by atoms with E-state index in [1.165, 1.54) is 11.5 Å². The van der Waals surface area contributed by atoms with E-state index in [0.29, 0.717) is 18.7 Å². The van der Waals surface area contributed by atoms with Gasteiger partial charge in [-0.25, -0.2) is 4.79 Å². The lowest BCUT2D eigenvalue weighted by Crippen LogP contribution is -2.44. The summed E-state index contributed by atoms with van der Waals surface area (Å²) in [6, 6.07) is 10.4. The van der Waals surface area contributed by atoms with Gasteiger partial charge in [0.25, 0.3) is 5.91 Å². The standard InChI is InChI=1S/C25H31N3O5S/c1-16(2)11-21(27-25(32)33-15-17-7-4-3-5-8-17)22(29)13-18-12-19-14-20(34-28-19)9-6-10-26-24(31)23(18)30/h3-5,7-8,14,16,18,21H,6,9-13,15H2,1-2H3,(H,26,31)(H,27,32). The number of ether oxygens (including phenoxy) is 1. The molecule has 0 saturated heterocycles. The van der Waals surface area contributed by atoms with Crippen LogP contribution in [0.25, 0.3) is 0 Å². The molecule has 1 aromatic heterocycles. The number of carbonyl (C=O) groups is 4. The summed E-state index contributed by atoms with van der Waals surface area (Å²) in [5, 5.41) is 5.31. The Bertz CT molecular complexity index is 1000. The van der Waals surface area contributed by atoms with Crippen LogP contribution < -0.4 is 10.6 Å². The average Bonchev–Trinajstić information content (AvgIpc) is 3.25. The number of aromatic nitrogens is 1. The number of aryl methyl sites for hydroxylation is 1. The number of nitrogens with one attached hydrogen (secondary N) is 2. The number of alkyl carbamates (subject to hydrolysis) is 1. The summed E-state index contributed by atoms with van der Waals surface area (Å²) in [6.07, 6.45) is 1.25. The van der Waals surface area contributed by atoms with Gasteiger partial charge in [-0.3, -0.25) is 14.4 Å². The lowest BCUT2D eigenvalue weighted by molar-refractivity contribution is -0.141. The topological polar surface area (TPSA) is 114 Å². The van der Waals surface area contributed by atoms with Gasteiger partial charge in [0.15, 0.2) is 5.78 Å². The van der Waals surface area contributed by atoms with Gasteiger partial charge in [0.2, 0.25) is 5.78 Å². The number of benzene rings is 1. The summed E-state index contributed by atoms with van der Waals surface area (Å²) in [4.78, 5) is 51.9. The van der Waals surface area contributed by atoms with Crippen LogP contribution in [0.2, 0.25) is 0 Å². The SMILES string of the molecule is CC(C)CC(NC(=O)OCc1ccccc1)C(=O)CC1Cc2cc(sn2)CCCNC(=O)C1=O. The number of hydrogen-bond donors (Lipinski definition) is 2. The molecule has 3 rings (SSSR count). The molecule has 1 aliphatic heterocycles. The highest BCUT2D eigenvalue weighted by molar-refractivity contribution is 7.05. The second-order valence-corrected chi connectivity index (χ2v) is 9.86. The molecular weight excluding hydrogens is 454 g/mol. The van der Waals surface area contributed by atoms with Gasteiger partial charge < -0.3 is 15.4 Å². The maximum Gasteiger partial charge on any atom is 0.408 e. The summed E-state index contributed by atoms with van der Waals surface area (Å²) in [5.74, 6) is -2.32. The molecular formula is C25H31N3O5S. The van der Waals surface area contributed by atoms with Crippen molar-refractivity contribution >= 4 is 35.1 Å². The highest BCUT2D eigenvalue weighted by Gasteiger charge is 2.32. The zero-order chi connectivity index (χ0) is 24.5. The number of fused-ring (bicyclic) bond motifs is 2. The van der Waals surface area contributed by atoms with Gasteiger partial charge in [-0.05, 0) is 48.3 Å². The molecule has 0 spiro atoms. The minimum Gasteiger partial charge on any atom is -0.445 e. The first-order chi connectivity index (χ1) is 16.3. The zero-order valence-corrected chi connectivity index (χ0v) is 20.4. The third-order valence-electron chi connectivity index (χ3n) is 5.59. The number of ketones is 2. The van der Waals surface area contributed by atoms with E-state index in [0.717, 1.165) is 23.3 Å². The van der Waals surface area contributed by atoms with E-state index in [1.807, 2.05) is 50.2 Å². The Morgan fingerprint density at radius 3 is 2.74 bits per heavy atom. The molecule has 2 amide bonds. The monoisotopic (exact) mass is 485 g/mol. The molecule has 2 aromatic rings. The van der Waals surface area contributed by atoms with Crippen molar-refractivity contribution in [1.82, 2.24) is 15.0 Å². The predicted octanol–water partition coefficient (Wildman–Crippen LogP) is 3.23. The number of amides is 2. The van der Waals surface area contributed by atoms with Crippen molar-refractivity contribution in [3.05, 3.63) is 52.5 Å². The predicted molar refractivity (Wildman–Crippen MR) is 128 cm³/mol. The summed E-state index contributed by atoms with van der Waals surface area (Å²) in [6.45, 7) is 4.37. The second kappa shape index (κ2) is 12.4. The number of hydrogen-bond acceptors (Lipinski definition) is 7. The van der Waals surface area contributed by atoms with Crippen molar-refractivity contribution < 1.29 is 23.9 Å². The summed E-state index contributed by atoms with van der Waals surface area (Å²) in [7, 11) is 0. The number of nitrogens with zero attached hydrogens (tertiary/aromatic N) is 1. The van der Waals surface area contributed by atoms with E-state index in [9.17, 15) is 19.2 Å². The molecule has 2 bridgehead atoms. The molecule has 1 aromatic carbocycles. The largest absolute Gasteiger partial charge is 0.445 e. The molecule has 0 fully saturated rings. The fraction of sp³-hybridized carbons (Fsp3) is 0.480. The molecule has 1 aliphatic rings. The molecule has 2 unspecified atom stereocenters. The first-order valence-corrected chi connectivity index (χ1v) is 12.4. The molecule has 0 radical (unpaired) electrons. The normalized spacial score (nSPS) is 17.4. The van der Waals surface area contributed by atoms with Crippen LogP contribution in [-0.4, -0.2) is 40.5 Å². The fourth-order valence-corrected chi connectivity index (χ4v) is 4.64. The van der Waals surface area contributed by atoms with Crippen LogP contribution in [0, 0.1) is 11.8 Å². The Kier molecular flexibility index (Phi) is 9.33. The molecule has 2 atom stereocenters.